The Kier molecular flexibility index (Phi) is 6.51. The summed E-state index contributed by atoms with van der Waals surface area (Å²) < 4.78 is 2.08. The standard InChI is InChI=1S/C22H21ClN2O3S/c1-3-16(5-4-7-23)29-22-20-17(13(2)26)9-14(12-24)10-18(20)25-8-6-15(21(22)25)11-19(27)28/h3-5,9-10,15H,6-8,11H2,1-2H3,(H,27,28)/b5-4-,16-3+. The van der Waals surface area contributed by atoms with Crippen LogP contribution in [0.3, 0.4) is 0 Å². The number of nitriles is 1. The zero-order chi connectivity index (χ0) is 21.1. The van der Waals surface area contributed by atoms with Crippen molar-refractivity contribution in [1.82, 2.24) is 4.57 Å². The van der Waals surface area contributed by atoms with Crippen LogP contribution in [0.1, 0.15) is 54.2 Å². The Morgan fingerprint density at radius 1 is 1.45 bits per heavy atom. The first-order chi connectivity index (χ1) is 13.9. The van der Waals surface area contributed by atoms with Crippen molar-refractivity contribution in [2.24, 2.45) is 0 Å². The van der Waals surface area contributed by atoms with Gasteiger partial charge in [-0.15, -0.1) is 11.6 Å². The van der Waals surface area contributed by atoms with Crippen LogP contribution in [0.5, 0.6) is 0 Å². The van der Waals surface area contributed by atoms with Crippen molar-refractivity contribution in [3.63, 3.8) is 0 Å². The number of alkyl halides is 1. The van der Waals surface area contributed by atoms with Crippen LogP contribution < -0.4 is 0 Å². The normalized spacial score (nSPS) is 16.3. The summed E-state index contributed by atoms with van der Waals surface area (Å²) in [7, 11) is 0. The van der Waals surface area contributed by atoms with Gasteiger partial charge in [0.05, 0.1) is 23.6 Å². The molecule has 29 heavy (non-hydrogen) atoms. The maximum absolute atomic E-state index is 12.4. The molecule has 0 bridgehead atoms. The van der Waals surface area contributed by atoms with Crippen molar-refractivity contribution in [3.8, 4) is 6.07 Å². The summed E-state index contributed by atoms with van der Waals surface area (Å²) >= 11 is 7.30. The van der Waals surface area contributed by atoms with E-state index in [-0.39, 0.29) is 18.1 Å². The summed E-state index contributed by atoms with van der Waals surface area (Å²) in [5, 5.41) is 19.6. The molecule has 150 valence electrons. The van der Waals surface area contributed by atoms with Crippen LogP contribution in [-0.2, 0) is 11.3 Å². The van der Waals surface area contributed by atoms with Gasteiger partial charge in [-0.05, 0) is 32.4 Å². The molecule has 1 aliphatic heterocycles. The second kappa shape index (κ2) is 8.89. The number of hydrogen-bond donors (Lipinski definition) is 1. The Morgan fingerprint density at radius 2 is 2.21 bits per heavy atom. The highest BCUT2D eigenvalue weighted by molar-refractivity contribution is 8.03. The number of carbonyl (C=O) groups excluding carboxylic acids is 1. The highest BCUT2D eigenvalue weighted by Gasteiger charge is 2.33. The molecule has 1 unspecified atom stereocenters. The number of aliphatic carboxylic acids is 1. The van der Waals surface area contributed by atoms with Gasteiger partial charge in [-0.1, -0.05) is 30.0 Å². The number of carboxylic acid groups (broad SMARTS) is 1. The second-order valence-corrected chi connectivity index (χ2v) is 8.28. The maximum atomic E-state index is 12.4. The highest BCUT2D eigenvalue weighted by atomic mass is 35.5. The number of benzene rings is 1. The van der Waals surface area contributed by atoms with Gasteiger partial charge in [0.25, 0.3) is 0 Å². The van der Waals surface area contributed by atoms with E-state index in [0.29, 0.717) is 23.6 Å². The van der Waals surface area contributed by atoms with E-state index in [4.69, 9.17) is 11.6 Å². The number of carbonyl (C=O) groups is 2. The monoisotopic (exact) mass is 428 g/mol. The number of hydrogen-bond acceptors (Lipinski definition) is 4. The van der Waals surface area contributed by atoms with E-state index in [1.54, 1.807) is 12.1 Å². The smallest absolute Gasteiger partial charge is 0.304 e. The summed E-state index contributed by atoms with van der Waals surface area (Å²) in [6.45, 7) is 4.08. The number of ketones is 1. The number of carboxylic acids is 1. The van der Waals surface area contributed by atoms with Crippen LogP contribution in [0.25, 0.3) is 10.9 Å². The van der Waals surface area contributed by atoms with Gasteiger partial charge in [0, 0.05) is 44.8 Å². The minimum Gasteiger partial charge on any atom is -0.481 e. The Balaban J connectivity index is 2.31. The van der Waals surface area contributed by atoms with Gasteiger partial charge in [-0.2, -0.15) is 5.26 Å². The molecule has 0 radical (unpaired) electrons. The fourth-order valence-electron chi connectivity index (χ4n) is 3.85. The van der Waals surface area contributed by atoms with E-state index >= 15 is 0 Å². The maximum Gasteiger partial charge on any atom is 0.304 e. The van der Waals surface area contributed by atoms with E-state index in [9.17, 15) is 20.0 Å². The predicted molar refractivity (Wildman–Crippen MR) is 116 cm³/mol. The first kappa shape index (κ1) is 21.2. The minimum atomic E-state index is -0.845. The van der Waals surface area contributed by atoms with E-state index in [1.807, 2.05) is 25.2 Å². The number of halogens is 1. The molecule has 2 heterocycles. The number of aromatic nitrogens is 1. The predicted octanol–water partition coefficient (Wildman–Crippen LogP) is 5.47. The van der Waals surface area contributed by atoms with Gasteiger partial charge in [-0.3, -0.25) is 9.59 Å². The third-order valence-electron chi connectivity index (χ3n) is 5.05. The van der Waals surface area contributed by atoms with Gasteiger partial charge in [0.15, 0.2) is 5.78 Å². The molecular formula is C22H21ClN2O3S. The number of allylic oxidation sites excluding steroid dienone is 3. The Labute approximate surface area is 178 Å². The fraction of sp³-hybridized carbons (Fsp3) is 0.318. The Bertz CT molecular complexity index is 1090. The molecule has 3 rings (SSSR count). The summed E-state index contributed by atoms with van der Waals surface area (Å²) in [5.74, 6) is -0.713. The molecule has 1 aromatic heterocycles. The number of Topliss-reactive ketones (excluding diaryl/α,β-unsaturated/α-hetero) is 1. The number of aryl methyl sites for hydroxylation is 1. The molecule has 7 heteroatoms. The summed E-state index contributed by atoms with van der Waals surface area (Å²) in [4.78, 5) is 25.7. The quantitative estimate of drug-likeness (QED) is 0.273. The highest BCUT2D eigenvalue weighted by Crippen LogP contribution is 2.48. The molecule has 0 saturated heterocycles. The molecule has 1 atom stereocenters. The molecule has 1 aromatic carbocycles. The molecule has 2 aromatic rings. The lowest BCUT2D eigenvalue weighted by molar-refractivity contribution is -0.137. The third kappa shape index (κ3) is 4.12. The Morgan fingerprint density at radius 3 is 2.79 bits per heavy atom. The average Bonchev–Trinajstić information content (AvgIpc) is 3.23. The van der Waals surface area contributed by atoms with Gasteiger partial charge < -0.3 is 9.67 Å². The van der Waals surface area contributed by atoms with Gasteiger partial charge in [0.2, 0.25) is 0 Å². The zero-order valence-electron chi connectivity index (χ0n) is 16.2. The molecule has 0 saturated carbocycles. The number of nitrogens with zero attached hydrogens (tertiary/aromatic N) is 2. The lowest BCUT2D eigenvalue weighted by atomic mass is 9.98. The summed E-state index contributed by atoms with van der Waals surface area (Å²) in [5.41, 5.74) is 2.67. The van der Waals surface area contributed by atoms with Crippen molar-refractivity contribution >= 4 is 46.0 Å². The minimum absolute atomic E-state index is 0.0348. The average molecular weight is 429 g/mol. The Hall–Kier alpha value is -2.49. The second-order valence-electron chi connectivity index (χ2n) is 6.89. The lowest BCUT2D eigenvalue weighted by Gasteiger charge is -2.11. The number of rotatable bonds is 7. The van der Waals surface area contributed by atoms with Gasteiger partial charge >= 0.3 is 5.97 Å². The SMILES string of the molecule is C/C=C(\C=C/CCl)Sc1c2n(c3cc(C#N)cc(C(C)=O)c13)CCC2CC(=O)O. The molecule has 0 amide bonds. The van der Waals surface area contributed by atoms with Crippen LogP contribution in [0.2, 0.25) is 0 Å². The number of fused-ring (bicyclic) bond motifs is 3. The van der Waals surface area contributed by atoms with Crippen LogP contribution in [0, 0.1) is 11.3 Å². The molecule has 0 aliphatic carbocycles. The first-order valence-electron chi connectivity index (χ1n) is 9.30. The topological polar surface area (TPSA) is 83.1 Å². The van der Waals surface area contributed by atoms with Crippen molar-refractivity contribution < 1.29 is 14.7 Å². The first-order valence-corrected chi connectivity index (χ1v) is 10.7. The van der Waals surface area contributed by atoms with Crippen LogP contribution >= 0.6 is 23.4 Å². The fourth-order valence-corrected chi connectivity index (χ4v) is 5.15. The molecule has 0 fully saturated rings. The third-order valence-corrected chi connectivity index (χ3v) is 6.45. The number of thioether (sulfide) groups is 1. The molecule has 1 aliphatic rings. The molecular weight excluding hydrogens is 408 g/mol. The van der Waals surface area contributed by atoms with E-state index in [1.165, 1.54) is 18.7 Å². The lowest BCUT2D eigenvalue weighted by Crippen LogP contribution is -2.04. The molecule has 1 N–H and O–H groups in total. The van der Waals surface area contributed by atoms with Crippen molar-refractivity contribution in [1.29, 1.82) is 5.26 Å². The molecule has 0 spiro atoms. The van der Waals surface area contributed by atoms with Gasteiger partial charge in [-0.25, -0.2) is 0 Å². The van der Waals surface area contributed by atoms with Crippen molar-refractivity contribution in [2.75, 3.05) is 5.88 Å². The largest absolute Gasteiger partial charge is 0.481 e. The van der Waals surface area contributed by atoms with Crippen molar-refractivity contribution in [3.05, 3.63) is 52.1 Å². The zero-order valence-corrected chi connectivity index (χ0v) is 17.8. The van der Waals surface area contributed by atoms with E-state index in [0.717, 1.165) is 32.8 Å². The van der Waals surface area contributed by atoms with Crippen LogP contribution in [0.4, 0.5) is 0 Å². The van der Waals surface area contributed by atoms with E-state index in [2.05, 4.69) is 10.6 Å². The summed E-state index contributed by atoms with van der Waals surface area (Å²) in [6, 6.07) is 5.55. The summed E-state index contributed by atoms with van der Waals surface area (Å²) in [6.07, 6.45) is 6.48. The van der Waals surface area contributed by atoms with Gasteiger partial charge in [0.1, 0.15) is 0 Å². The molecule has 5 nitrogen and oxygen atoms in total. The van der Waals surface area contributed by atoms with Crippen LogP contribution in [0.15, 0.2) is 40.2 Å². The van der Waals surface area contributed by atoms with Crippen molar-refractivity contribution in [2.45, 2.75) is 44.0 Å². The van der Waals surface area contributed by atoms with Crippen LogP contribution in [-0.4, -0.2) is 27.3 Å². The van der Waals surface area contributed by atoms with E-state index < -0.39 is 5.97 Å².